The summed E-state index contributed by atoms with van der Waals surface area (Å²) in [6.07, 6.45) is 5.46. The normalized spacial score (nSPS) is 31.0. The van der Waals surface area contributed by atoms with Gasteiger partial charge in [-0.3, -0.25) is 4.90 Å². The lowest BCUT2D eigenvalue weighted by Crippen LogP contribution is -2.57. The van der Waals surface area contributed by atoms with E-state index < -0.39 is 10.0 Å². The van der Waals surface area contributed by atoms with Crippen LogP contribution in [0.25, 0.3) is 0 Å². The Labute approximate surface area is 144 Å². The number of hydrogen-bond acceptors (Lipinski definition) is 4. The van der Waals surface area contributed by atoms with Crippen molar-refractivity contribution in [1.29, 1.82) is 0 Å². The number of fused-ring (bicyclic) bond motifs is 4. The molecule has 3 heterocycles. The van der Waals surface area contributed by atoms with Crippen LogP contribution in [-0.4, -0.2) is 56.7 Å². The average molecular weight is 350 g/mol. The maximum atomic E-state index is 12.2. The summed E-state index contributed by atoms with van der Waals surface area (Å²) in [4.78, 5) is 2.57. The third-order valence-electron chi connectivity index (χ3n) is 6.05. The molecule has 0 aliphatic carbocycles. The van der Waals surface area contributed by atoms with Crippen LogP contribution in [-0.2, 0) is 16.4 Å². The van der Waals surface area contributed by atoms with Crippen LogP contribution in [0.15, 0.2) is 18.2 Å². The first-order valence-electron chi connectivity index (χ1n) is 8.85. The number of piperidine rings is 2. The Bertz CT molecular complexity index is 734. The Morgan fingerprint density at radius 2 is 2.08 bits per heavy atom. The zero-order valence-corrected chi connectivity index (χ0v) is 15.3. The Balaban J connectivity index is 1.66. The van der Waals surface area contributed by atoms with E-state index in [2.05, 4.69) is 17.0 Å². The highest BCUT2D eigenvalue weighted by molar-refractivity contribution is 7.88. The highest BCUT2D eigenvalue weighted by Gasteiger charge is 2.44. The average Bonchev–Trinajstić information content (AvgIpc) is 2.58. The molecule has 5 nitrogen and oxygen atoms in total. The molecule has 132 valence electrons. The molecule has 2 saturated heterocycles. The summed E-state index contributed by atoms with van der Waals surface area (Å²) >= 11 is 0. The van der Waals surface area contributed by atoms with E-state index in [0.717, 1.165) is 44.5 Å². The minimum Gasteiger partial charge on any atom is -0.497 e. The van der Waals surface area contributed by atoms with Crippen molar-refractivity contribution in [3.05, 3.63) is 29.3 Å². The van der Waals surface area contributed by atoms with E-state index in [9.17, 15) is 8.42 Å². The highest BCUT2D eigenvalue weighted by atomic mass is 32.2. The number of methoxy groups -OCH3 is 1. The van der Waals surface area contributed by atoms with Crippen LogP contribution in [0.2, 0.25) is 0 Å². The van der Waals surface area contributed by atoms with E-state index in [0.29, 0.717) is 18.5 Å². The van der Waals surface area contributed by atoms with E-state index in [1.165, 1.54) is 17.4 Å². The molecule has 0 saturated carbocycles. The van der Waals surface area contributed by atoms with Crippen LogP contribution in [0.3, 0.4) is 0 Å². The summed E-state index contributed by atoms with van der Waals surface area (Å²) in [7, 11) is -1.42. The van der Waals surface area contributed by atoms with Gasteiger partial charge in [0.2, 0.25) is 10.0 Å². The predicted octanol–water partition coefficient (Wildman–Crippen LogP) is 2.04. The minimum absolute atomic E-state index is 0.156. The molecular formula is C18H26N2O3S. The fourth-order valence-electron chi connectivity index (χ4n) is 4.93. The van der Waals surface area contributed by atoms with E-state index >= 15 is 0 Å². The molecule has 3 aliphatic rings. The van der Waals surface area contributed by atoms with Crippen molar-refractivity contribution in [2.24, 2.45) is 5.92 Å². The summed E-state index contributed by atoms with van der Waals surface area (Å²) in [5, 5.41) is 0. The van der Waals surface area contributed by atoms with Crippen LogP contribution in [0, 0.1) is 5.92 Å². The molecule has 0 unspecified atom stereocenters. The molecule has 0 spiro atoms. The number of benzene rings is 1. The highest BCUT2D eigenvalue weighted by Crippen LogP contribution is 2.43. The van der Waals surface area contributed by atoms with Crippen molar-refractivity contribution >= 4 is 10.0 Å². The lowest BCUT2D eigenvalue weighted by molar-refractivity contribution is 0.0222. The van der Waals surface area contributed by atoms with E-state index in [-0.39, 0.29) is 6.04 Å². The molecule has 0 aromatic heterocycles. The molecule has 0 bridgehead atoms. The number of sulfonamides is 1. The minimum atomic E-state index is -3.13. The van der Waals surface area contributed by atoms with Gasteiger partial charge in [-0.2, -0.15) is 4.31 Å². The summed E-state index contributed by atoms with van der Waals surface area (Å²) in [5.74, 6) is 1.39. The van der Waals surface area contributed by atoms with Gasteiger partial charge in [0.15, 0.2) is 0 Å². The molecule has 4 rings (SSSR count). The van der Waals surface area contributed by atoms with E-state index in [1.54, 1.807) is 11.4 Å². The first-order chi connectivity index (χ1) is 11.5. The Morgan fingerprint density at radius 3 is 2.83 bits per heavy atom. The summed E-state index contributed by atoms with van der Waals surface area (Å²) < 4.78 is 31.6. The molecule has 0 radical (unpaired) electrons. The van der Waals surface area contributed by atoms with Gasteiger partial charge in [0, 0.05) is 31.7 Å². The number of nitrogens with zero attached hydrogens (tertiary/aromatic N) is 2. The second-order valence-electron chi connectivity index (χ2n) is 7.40. The van der Waals surface area contributed by atoms with Gasteiger partial charge in [0.25, 0.3) is 0 Å². The lowest BCUT2D eigenvalue weighted by atomic mass is 9.77. The van der Waals surface area contributed by atoms with Crippen molar-refractivity contribution in [1.82, 2.24) is 9.21 Å². The molecule has 24 heavy (non-hydrogen) atoms. The van der Waals surface area contributed by atoms with E-state index in [4.69, 9.17) is 4.74 Å². The number of hydrogen-bond donors (Lipinski definition) is 0. The molecule has 3 atom stereocenters. The molecule has 1 aromatic carbocycles. The maximum Gasteiger partial charge on any atom is 0.211 e. The van der Waals surface area contributed by atoms with Crippen LogP contribution >= 0.6 is 0 Å². The van der Waals surface area contributed by atoms with Crippen molar-refractivity contribution in [3.8, 4) is 5.75 Å². The molecule has 3 aliphatic heterocycles. The fourth-order valence-corrected chi connectivity index (χ4v) is 6.14. The van der Waals surface area contributed by atoms with Crippen LogP contribution in [0.4, 0.5) is 0 Å². The standard InChI is InChI=1S/C18H26N2O3S/c1-23-15-5-6-16-13(10-15)7-9-19-12-14-4-3-8-20(24(2,21)22)17(14)11-18(16)19/h5-6,10,14,17-18H,3-4,7-9,11-12H2,1-2H3/t14-,17+,18-/m1/s1. The summed E-state index contributed by atoms with van der Waals surface area (Å²) in [6.45, 7) is 2.77. The summed E-state index contributed by atoms with van der Waals surface area (Å²) in [6, 6.07) is 6.85. The van der Waals surface area contributed by atoms with Crippen molar-refractivity contribution in [2.45, 2.75) is 37.8 Å². The second kappa shape index (κ2) is 6.00. The van der Waals surface area contributed by atoms with Gasteiger partial charge >= 0.3 is 0 Å². The van der Waals surface area contributed by atoms with Crippen molar-refractivity contribution in [2.75, 3.05) is 33.0 Å². The largest absolute Gasteiger partial charge is 0.497 e. The molecular weight excluding hydrogens is 324 g/mol. The lowest BCUT2D eigenvalue weighted by Gasteiger charge is -2.51. The second-order valence-corrected chi connectivity index (χ2v) is 9.34. The third-order valence-corrected chi connectivity index (χ3v) is 7.35. The van der Waals surface area contributed by atoms with Gasteiger partial charge in [-0.1, -0.05) is 6.07 Å². The monoisotopic (exact) mass is 350 g/mol. The SMILES string of the molecule is COc1ccc2c(c1)CCN1C[C@H]3CCCN(S(C)(=O)=O)[C@H]3C[C@H]21. The zero-order valence-electron chi connectivity index (χ0n) is 14.4. The zero-order chi connectivity index (χ0) is 16.9. The smallest absolute Gasteiger partial charge is 0.211 e. The van der Waals surface area contributed by atoms with Gasteiger partial charge in [0.1, 0.15) is 5.75 Å². The van der Waals surface area contributed by atoms with Gasteiger partial charge < -0.3 is 4.74 Å². The van der Waals surface area contributed by atoms with Crippen LogP contribution in [0.1, 0.15) is 36.4 Å². The molecule has 1 aromatic rings. The Kier molecular flexibility index (Phi) is 4.09. The third kappa shape index (κ3) is 2.74. The fraction of sp³-hybridized carbons (Fsp3) is 0.667. The first kappa shape index (κ1) is 16.4. The molecule has 0 N–H and O–H groups in total. The van der Waals surface area contributed by atoms with Gasteiger partial charge in [-0.15, -0.1) is 0 Å². The summed E-state index contributed by atoms with van der Waals surface area (Å²) in [5.41, 5.74) is 2.72. The van der Waals surface area contributed by atoms with Crippen molar-refractivity contribution < 1.29 is 13.2 Å². The number of rotatable bonds is 2. The maximum absolute atomic E-state index is 12.2. The number of ether oxygens (including phenoxy) is 1. The Morgan fingerprint density at radius 1 is 1.25 bits per heavy atom. The van der Waals surface area contributed by atoms with Crippen LogP contribution < -0.4 is 4.74 Å². The molecule has 6 heteroatoms. The molecule has 0 amide bonds. The first-order valence-corrected chi connectivity index (χ1v) is 10.7. The van der Waals surface area contributed by atoms with Gasteiger partial charge in [-0.05, 0) is 54.9 Å². The van der Waals surface area contributed by atoms with E-state index in [1.807, 2.05) is 6.07 Å². The van der Waals surface area contributed by atoms with Gasteiger partial charge in [-0.25, -0.2) is 8.42 Å². The predicted molar refractivity (Wildman–Crippen MR) is 93.7 cm³/mol. The molecule has 2 fully saturated rings. The topological polar surface area (TPSA) is 49.9 Å². The quantitative estimate of drug-likeness (QED) is 0.819. The van der Waals surface area contributed by atoms with Crippen LogP contribution in [0.5, 0.6) is 5.75 Å². The Hall–Kier alpha value is -1.11. The van der Waals surface area contributed by atoms with Crippen molar-refractivity contribution in [3.63, 3.8) is 0 Å². The van der Waals surface area contributed by atoms with Gasteiger partial charge in [0.05, 0.1) is 13.4 Å².